The zero-order valence-corrected chi connectivity index (χ0v) is 9.93. The van der Waals surface area contributed by atoms with Gasteiger partial charge in [-0.3, -0.25) is 10.1 Å². The van der Waals surface area contributed by atoms with Gasteiger partial charge in [0.05, 0.1) is 16.4 Å². The van der Waals surface area contributed by atoms with Crippen molar-refractivity contribution in [3.05, 3.63) is 39.9 Å². The van der Waals surface area contributed by atoms with E-state index in [2.05, 4.69) is 11.4 Å². The summed E-state index contributed by atoms with van der Waals surface area (Å²) in [6, 6.07) is 8.76. The molecule has 0 atom stereocenters. The third-order valence-electron chi connectivity index (χ3n) is 2.37. The summed E-state index contributed by atoms with van der Waals surface area (Å²) in [6.45, 7) is 4.52. The number of nitro groups is 1. The molecule has 90 valence electrons. The molecule has 0 radical (unpaired) electrons. The van der Waals surface area contributed by atoms with Crippen molar-refractivity contribution in [2.24, 2.45) is 5.41 Å². The van der Waals surface area contributed by atoms with E-state index in [1.165, 1.54) is 6.07 Å². The highest BCUT2D eigenvalue weighted by Gasteiger charge is 2.17. The molecular weight excluding hydrogens is 218 g/mol. The van der Waals surface area contributed by atoms with Crippen LogP contribution in [0.15, 0.2) is 24.3 Å². The minimum absolute atomic E-state index is 0.106. The molecule has 0 amide bonds. The number of hydrogen-bond acceptors (Lipinski definition) is 4. The highest BCUT2D eigenvalue weighted by molar-refractivity contribution is 5.39. The predicted molar refractivity (Wildman–Crippen MR) is 64.2 cm³/mol. The fraction of sp³-hybridized carbons (Fsp3) is 0.417. The summed E-state index contributed by atoms with van der Waals surface area (Å²) in [5.74, 6) is 0. The largest absolute Gasteiger partial charge is 0.311 e. The maximum absolute atomic E-state index is 10.8. The molecular formula is C12H15N3O2. The minimum atomic E-state index is -0.469. The first-order valence-electron chi connectivity index (χ1n) is 5.30. The van der Waals surface area contributed by atoms with Crippen molar-refractivity contribution >= 4 is 5.69 Å². The van der Waals surface area contributed by atoms with Gasteiger partial charge >= 0.3 is 0 Å². The van der Waals surface area contributed by atoms with Crippen LogP contribution in [0.4, 0.5) is 5.69 Å². The smallest absolute Gasteiger partial charge is 0.273 e. The van der Waals surface area contributed by atoms with E-state index in [1.54, 1.807) is 18.2 Å². The van der Waals surface area contributed by atoms with Crippen molar-refractivity contribution in [3.63, 3.8) is 0 Å². The molecule has 5 heteroatoms. The number of benzene rings is 1. The van der Waals surface area contributed by atoms with Crippen LogP contribution in [0.1, 0.15) is 19.4 Å². The van der Waals surface area contributed by atoms with Gasteiger partial charge in [0, 0.05) is 24.7 Å². The van der Waals surface area contributed by atoms with Crippen LogP contribution in [0.2, 0.25) is 0 Å². The Hall–Kier alpha value is -1.93. The number of nitriles is 1. The van der Waals surface area contributed by atoms with Crippen LogP contribution in [0, 0.1) is 26.9 Å². The van der Waals surface area contributed by atoms with E-state index >= 15 is 0 Å². The molecule has 0 aliphatic carbocycles. The Morgan fingerprint density at radius 1 is 1.47 bits per heavy atom. The molecule has 0 bridgehead atoms. The summed E-state index contributed by atoms with van der Waals surface area (Å²) in [5.41, 5.74) is 0.268. The average molecular weight is 233 g/mol. The first-order chi connectivity index (χ1) is 7.96. The molecule has 0 spiro atoms. The maximum Gasteiger partial charge on any atom is 0.273 e. The maximum atomic E-state index is 10.8. The predicted octanol–water partition coefficient (Wildman–Crippen LogP) is 2.23. The Kier molecular flexibility index (Phi) is 4.18. The van der Waals surface area contributed by atoms with Crippen LogP contribution in [0.25, 0.3) is 0 Å². The van der Waals surface area contributed by atoms with Crippen LogP contribution in [0.3, 0.4) is 0 Å². The van der Waals surface area contributed by atoms with Gasteiger partial charge < -0.3 is 5.32 Å². The molecule has 1 aromatic rings. The number of nitro benzene ring substituents is 1. The quantitative estimate of drug-likeness (QED) is 0.624. The summed E-state index contributed by atoms with van der Waals surface area (Å²) in [5, 5.41) is 22.7. The van der Waals surface area contributed by atoms with Crippen molar-refractivity contribution in [2.45, 2.75) is 20.4 Å². The Balaban J connectivity index is 2.65. The van der Waals surface area contributed by atoms with Gasteiger partial charge in [0.15, 0.2) is 0 Å². The Bertz CT molecular complexity index is 449. The first-order valence-corrected chi connectivity index (χ1v) is 5.30. The molecule has 0 aliphatic heterocycles. The summed E-state index contributed by atoms with van der Waals surface area (Å²) in [7, 11) is 0. The van der Waals surface area contributed by atoms with Gasteiger partial charge in [-0.05, 0) is 13.8 Å². The SMILES string of the molecule is CC(C)(C#N)CNCc1ccccc1[N+](=O)[O-]. The topological polar surface area (TPSA) is 79.0 Å². The van der Waals surface area contributed by atoms with Crippen LogP contribution >= 0.6 is 0 Å². The second-order valence-corrected chi connectivity index (χ2v) is 4.49. The van der Waals surface area contributed by atoms with Gasteiger partial charge in [0.25, 0.3) is 5.69 Å². The molecule has 1 rings (SSSR count). The Morgan fingerprint density at radius 2 is 2.12 bits per heavy atom. The lowest BCUT2D eigenvalue weighted by Crippen LogP contribution is -2.27. The zero-order chi connectivity index (χ0) is 12.9. The fourth-order valence-corrected chi connectivity index (χ4v) is 1.39. The average Bonchev–Trinajstić information content (AvgIpc) is 2.29. The third kappa shape index (κ3) is 3.85. The number of hydrogen-bond donors (Lipinski definition) is 1. The van der Waals surface area contributed by atoms with Gasteiger partial charge in [-0.1, -0.05) is 18.2 Å². The summed E-state index contributed by atoms with van der Waals surface area (Å²) < 4.78 is 0. The molecule has 0 saturated carbocycles. The highest BCUT2D eigenvalue weighted by Crippen LogP contribution is 2.18. The molecule has 1 N–H and O–H groups in total. The standard InChI is InChI=1S/C12H15N3O2/c1-12(2,8-13)9-14-7-10-5-3-4-6-11(10)15(16)17/h3-6,14H,7,9H2,1-2H3. The lowest BCUT2D eigenvalue weighted by Gasteiger charge is -2.15. The van der Waals surface area contributed by atoms with Crippen LogP contribution in [-0.2, 0) is 6.54 Å². The van der Waals surface area contributed by atoms with E-state index in [4.69, 9.17) is 5.26 Å². The molecule has 0 aromatic heterocycles. The van der Waals surface area contributed by atoms with Crippen LogP contribution in [-0.4, -0.2) is 11.5 Å². The molecule has 0 aliphatic rings. The fourth-order valence-electron chi connectivity index (χ4n) is 1.39. The van der Waals surface area contributed by atoms with E-state index in [0.717, 1.165) is 0 Å². The Labute approximate surface area is 100 Å². The lowest BCUT2D eigenvalue weighted by molar-refractivity contribution is -0.385. The van der Waals surface area contributed by atoms with E-state index in [0.29, 0.717) is 18.7 Å². The van der Waals surface area contributed by atoms with Crippen molar-refractivity contribution in [1.82, 2.24) is 5.32 Å². The third-order valence-corrected chi connectivity index (χ3v) is 2.37. The van der Waals surface area contributed by atoms with Gasteiger partial charge in [-0.2, -0.15) is 5.26 Å². The van der Waals surface area contributed by atoms with Crippen LogP contribution < -0.4 is 5.32 Å². The number of nitrogens with one attached hydrogen (secondary N) is 1. The second kappa shape index (κ2) is 5.41. The van der Waals surface area contributed by atoms with Gasteiger partial charge in [0.2, 0.25) is 0 Å². The van der Waals surface area contributed by atoms with Crippen molar-refractivity contribution in [1.29, 1.82) is 5.26 Å². The Morgan fingerprint density at radius 3 is 2.71 bits per heavy atom. The summed E-state index contributed by atoms with van der Waals surface area (Å²) >= 11 is 0. The molecule has 17 heavy (non-hydrogen) atoms. The van der Waals surface area contributed by atoms with Crippen molar-refractivity contribution < 1.29 is 4.92 Å². The highest BCUT2D eigenvalue weighted by atomic mass is 16.6. The van der Waals surface area contributed by atoms with Gasteiger partial charge in [0.1, 0.15) is 0 Å². The molecule has 0 fully saturated rings. The zero-order valence-electron chi connectivity index (χ0n) is 9.93. The van der Waals surface area contributed by atoms with E-state index < -0.39 is 10.3 Å². The second-order valence-electron chi connectivity index (χ2n) is 4.49. The summed E-state index contributed by atoms with van der Waals surface area (Å²) in [6.07, 6.45) is 0. The number of nitrogens with zero attached hydrogens (tertiary/aromatic N) is 2. The molecule has 0 saturated heterocycles. The lowest BCUT2D eigenvalue weighted by atomic mass is 9.96. The van der Waals surface area contributed by atoms with Gasteiger partial charge in [-0.25, -0.2) is 0 Å². The monoisotopic (exact) mass is 233 g/mol. The molecule has 5 nitrogen and oxygen atoms in total. The van der Waals surface area contributed by atoms with Crippen molar-refractivity contribution in [3.8, 4) is 6.07 Å². The van der Waals surface area contributed by atoms with E-state index in [1.807, 2.05) is 13.8 Å². The molecule has 1 aromatic carbocycles. The molecule has 0 heterocycles. The van der Waals surface area contributed by atoms with E-state index in [-0.39, 0.29) is 5.69 Å². The number of para-hydroxylation sites is 1. The normalized spacial score (nSPS) is 10.9. The van der Waals surface area contributed by atoms with Gasteiger partial charge in [-0.15, -0.1) is 0 Å². The van der Waals surface area contributed by atoms with Crippen molar-refractivity contribution in [2.75, 3.05) is 6.54 Å². The minimum Gasteiger partial charge on any atom is -0.311 e. The summed E-state index contributed by atoms with van der Waals surface area (Å²) in [4.78, 5) is 10.4. The first kappa shape index (κ1) is 13.1. The molecule has 0 unspecified atom stereocenters. The van der Waals surface area contributed by atoms with E-state index in [9.17, 15) is 10.1 Å². The number of rotatable bonds is 5. The van der Waals surface area contributed by atoms with Crippen LogP contribution in [0.5, 0.6) is 0 Å².